The van der Waals surface area contributed by atoms with Gasteiger partial charge < -0.3 is 14.8 Å². The molecule has 2 rings (SSSR count). The van der Waals surface area contributed by atoms with Gasteiger partial charge in [0.15, 0.2) is 11.5 Å². The van der Waals surface area contributed by atoms with Crippen LogP contribution in [-0.4, -0.2) is 38.3 Å². The van der Waals surface area contributed by atoms with Crippen molar-refractivity contribution in [1.29, 1.82) is 0 Å². The third-order valence-electron chi connectivity index (χ3n) is 3.96. The Balaban J connectivity index is 1.95. The quantitative estimate of drug-likeness (QED) is 0.515. The fraction of sp³-hybridized carbons (Fsp3) is 0.286. The minimum Gasteiger partial charge on any atom is -0.493 e. The van der Waals surface area contributed by atoms with Gasteiger partial charge in [0.05, 0.1) is 26.5 Å². The molecular weight excluding hydrogens is 358 g/mol. The van der Waals surface area contributed by atoms with Crippen LogP contribution in [-0.2, 0) is 4.79 Å². The Morgan fingerprint density at radius 3 is 2.32 bits per heavy atom. The number of hydrogen-bond acceptors (Lipinski definition) is 5. The van der Waals surface area contributed by atoms with Crippen molar-refractivity contribution >= 4 is 17.5 Å². The summed E-state index contributed by atoms with van der Waals surface area (Å²) in [5.41, 5.74) is 4.62. The molecule has 0 saturated carbocycles. The largest absolute Gasteiger partial charge is 0.493 e. The fourth-order valence-corrected chi connectivity index (χ4v) is 2.54. The van der Waals surface area contributed by atoms with Crippen molar-refractivity contribution in [1.82, 2.24) is 10.7 Å². The summed E-state index contributed by atoms with van der Waals surface area (Å²) in [5.74, 6) is 0.169. The number of carbonyl (C=O) groups excluding carboxylic acids is 2. The molecule has 0 saturated heterocycles. The zero-order valence-electron chi connectivity index (χ0n) is 16.3. The standard InChI is InChI=1S/C21H25N3O4/c1-4-8-17(15-9-6-5-7-10-15)23-24-20(25)14-22-21(26)16-11-12-18(27-2)19(13-16)28-3/h5-7,9-13H,4,8,14H2,1-3H3,(H,22,26)(H,24,25). The summed E-state index contributed by atoms with van der Waals surface area (Å²) in [7, 11) is 3.01. The molecule has 2 N–H and O–H groups in total. The summed E-state index contributed by atoms with van der Waals surface area (Å²) in [4.78, 5) is 24.3. The van der Waals surface area contributed by atoms with Gasteiger partial charge in [-0.2, -0.15) is 5.10 Å². The number of hydrogen-bond donors (Lipinski definition) is 2. The van der Waals surface area contributed by atoms with E-state index in [4.69, 9.17) is 9.47 Å². The molecule has 2 amide bonds. The normalized spacial score (nSPS) is 10.9. The van der Waals surface area contributed by atoms with Crippen LogP contribution in [0.5, 0.6) is 11.5 Å². The molecule has 2 aromatic carbocycles. The average molecular weight is 383 g/mol. The fourth-order valence-electron chi connectivity index (χ4n) is 2.54. The average Bonchev–Trinajstić information content (AvgIpc) is 2.74. The van der Waals surface area contributed by atoms with Crippen LogP contribution in [0.25, 0.3) is 0 Å². The van der Waals surface area contributed by atoms with Gasteiger partial charge in [0.2, 0.25) is 0 Å². The molecule has 2 aromatic rings. The molecular formula is C21H25N3O4. The summed E-state index contributed by atoms with van der Waals surface area (Å²) in [6.45, 7) is 1.86. The van der Waals surface area contributed by atoms with E-state index in [0.29, 0.717) is 17.1 Å². The third kappa shape index (κ3) is 5.84. The lowest BCUT2D eigenvalue weighted by atomic mass is 10.1. The van der Waals surface area contributed by atoms with Crippen molar-refractivity contribution in [3.8, 4) is 11.5 Å². The van der Waals surface area contributed by atoms with E-state index < -0.39 is 11.8 Å². The highest BCUT2D eigenvalue weighted by Crippen LogP contribution is 2.27. The summed E-state index contributed by atoms with van der Waals surface area (Å²) in [5, 5.41) is 6.78. The van der Waals surface area contributed by atoms with E-state index >= 15 is 0 Å². The summed E-state index contributed by atoms with van der Waals surface area (Å²) >= 11 is 0. The van der Waals surface area contributed by atoms with Crippen LogP contribution in [0, 0.1) is 0 Å². The second-order valence-corrected chi connectivity index (χ2v) is 5.96. The summed E-state index contributed by atoms with van der Waals surface area (Å²) in [6, 6.07) is 14.4. The van der Waals surface area contributed by atoms with Crippen molar-refractivity contribution in [3.63, 3.8) is 0 Å². The van der Waals surface area contributed by atoms with E-state index in [9.17, 15) is 9.59 Å². The van der Waals surface area contributed by atoms with Gasteiger partial charge in [0.1, 0.15) is 0 Å². The van der Waals surface area contributed by atoms with Gasteiger partial charge in [0.25, 0.3) is 11.8 Å². The molecule has 0 aliphatic carbocycles. The van der Waals surface area contributed by atoms with Crippen LogP contribution < -0.4 is 20.2 Å². The first-order valence-electron chi connectivity index (χ1n) is 9.00. The van der Waals surface area contributed by atoms with Gasteiger partial charge in [-0.1, -0.05) is 43.7 Å². The number of benzene rings is 2. The monoisotopic (exact) mass is 383 g/mol. The lowest BCUT2D eigenvalue weighted by Crippen LogP contribution is -2.35. The van der Waals surface area contributed by atoms with Gasteiger partial charge in [0, 0.05) is 5.56 Å². The number of amides is 2. The molecule has 0 aliphatic heterocycles. The van der Waals surface area contributed by atoms with Crippen molar-refractivity contribution in [2.45, 2.75) is 19.8 Å². The molecule has 0 atom stereocenters. The molecule has 0 radical (unpaired) electrons. The van der Waals surface area contributed by atoms with E-state index in [1.165, 1.54) is 14.2 Å². The van der Waals surface area contributed by atoms with Gasteiger partial charge >= 0.3 is 0 Å². The molecule has 7 heteroatoms. The van der Waals surface area contributed by atoms with Crippen LogP contribution >= 0.6 is 0 Å². The number of nitrogens with zero attached hydrogens (tertiary/aromatic N) is 1. The Bertz CT molecular complexity index is 835. The molecule has 0 spiro atoms. The summed E-state index contributed by atoms with van der Waals surface area (Å²) < 4.78 is 10.3. The summed E-state index contributed by atoms with van der Waals surface area (Å²) in [6.07, 6.45) is 1.64. The predicted molar refractivity (Wildman–Crippen MR) is 108 cm³/mol. The maximum absolute atomic E-state index is 12.3. The van der Waals surface area contributed by atoms with Crippen LogP contribution in [0.4, 0.5) is 0 Å². The molecule has 0 fully saturated rings. The van der Waals surface area contributed by atoms with Crippen molar-refractivity contribution in [2.24, 2.45) is 5.10 Å². The Kier molecular flexibility index (Phi) is 8.02. The molecule has 7 nitrogen and oxygen atoms in total. The smallest absolute Gasteiger partial charge is 0.259 e. The lowest BCUT2D eigenvalue weighted by Gasteiger charge is -2.10. The maximum atomic E-state index is 12.3. The topological polar surface area (TPSA) is 89.0 Å². The van der Waals surface area contributed by atoms with Crippen LogP contribution in [0.2, 0.25) is 0 Å². The lowest BCUT2D eigenvalue weighted by molar-refractivity contribution is -0.120. The van der Waals surface area contributed by atoms with Crippen molar-refractivity contribution < 1.29 is 19.1 Å². The first-order chi connectivity index (χ1) is 13.6. The van der Waals surface area contributed by atoms with Gasteiger partial charge in [-0.3, -0.25) is 9.59 Å². The number of ether oxygens (including phenoxy) is 2. The minimum absolute atomic E-state index is 0.190. The van der Waals surface area contributed by atoms with Crippen LogP contribution in [0.15, 0.2) is 53.6 Å². The van der Waals surface area contributed by atoms with E-state index in [2.05, 4.69) is 15.8 Å². The SMILES string of the molecule is CCCC(=NNC(=O)CNC(=O)c1ccc(OC)c(OC)c1)c1ccccc1. The molecule has 0 aromatic heterocycles. The van der Waals surface area contributed by atoms with E-state index in [0.717, 1.165) is 24.1 Å². The van der Waals surface area contributed by atoms with Gasteiger partial charge in [-0.15, -0.1) is 0 Å². The van der Waals surface area contributed by atoms with Crippen molar-refractivity contribution in [2.75, 3.05) is 20.8 Å². The first kappa shape index (κ1) is 21.0. The number of rotatable bonds is 9. The molecule has 0 aliphatic rings. The number of carbonyl (C=O) groups is 2. The second-order valence-electron chi connectivity index (χ2n) is 5.96. The zero-order chi connectivity index (χ0) is 20.4. The molecule has 28 heavy (non-hydrogen) atoms. The highest BCUT2D eigenvalue weighted by molar-refractivity contribution is 6.01. The Morgan fingerprint density at radius 2 is 1.68 bits per heavy atom. The highest BCUT2D eigenvalue weighted by atomic mass is 16.5. The molecule has 0 bridgehead atoms. The van der Waals surface area contributed by atoms with E-state index in [1.54, 1.807) is 18.2 Å². The Hall–Kier alpha value is -3.35. The highest BCUT2D eigenvalue weighted by Gasteiger charge is 2.12. The van der Waals surface area contributed by atoms with E-state index in [-0.39, 0.29) is 6.54 Å². The van der Waals surface area contributed by atoms with Gasteiger partial charge in [-0.25, -0.2) is 5.43 Å². The Morgan fingerprint density at radius 1 is 0.964 bits per heavy atom. The minimum atomic E-state index is -0.404. The van der Waals surface area contributed by atoms with Crippen molar-refractivity contribution in [3.05, 3.63) is 59.7 Å². The first-order valence-corrected chi connectivity index (χ1v) is 9.00. The third-order valence-corrected chi connectivity index (χ3v) is 3.96. The second kappa shape index (κ2) is 10.7. The van der Waals surface area contributed by atoms with Gasteiger partial charge in [-0.05, 0) is 30.2 Å². The predicted octanol–water partition coefficient (Wildman–Crippen LogP) is 2.75. The number of methoxy groups -OCH3 is 2. The van der Waals surface area contributed by atoms with E-state index in [1.807, 2.05) is 37.3 Å². The Labute approximate surface area is 164 Å². The molecule has 0 unspecified atom stereocenters. The number of hydrazone groups is 1. The number of nitrogens with one attached hydrogen (secondary N) is 2. The molecule has 0 heterocycles. The van der Waals surface area contributed by atoms with Crippen LogP contribution in [0.3, 0.4) is 0 Å². The van der Waals surface area contributed by atoms with Crippen LogP contribution in [0.1, 0.15) is 35.7 Å². The maximum Gasteiger partial charge on any atom is 0.259 e. The zero-order valence-corrected chi connectivity index (χ0v) is 16.3. The molecule has 148 valence electrons.